The number of ether oxygens (including phenoxy) is 1. The van der Waals surface area contributed by atoms with Gasteiger partial charge in [-0.25, -0.2) is 4.79 Å². The molecule has 0 unspecified atom stereocenters. The smallest absolute Gasteiger partial charge is 0.318 e. The minimum Gasteiger partial charge on any atom is -0.467 e. The number of urea groups is 1. The fraction of sp³-hybridized carbons (Fsp3) is 0.520. The molecule has 0 saturated heterocycles. The first-order chi connectivity index (χ1) is 15.7. The molecule has 7 heteroatoms. The summed E-state index contributed by atoms with van der Waals surface area (Å²) in [6.45, 7) is 1.85. The molecule has 0 radical (unpaired) electrons. The fourth-order valence-corrected chi connectivity index (χ4v) is 4.05. The normalized spacial score (nSPS) is 14.2. The number of hydrogen-bond donors (Lipinski definition) is 1. The van der Waals surface area contributed by atoms with E-state index in [-0.39, 0.29) is 24.5 Å². The average Bonchev–Trinajstić information content (AvgIpc) is 3.32. The topological polar surface area (TPSA) is 75.0 Å². The Labute approximate surface area is 190 Å². The number of methoxy groups -OCH3 is 1. The predicted octanol–water partition coefficient (Wildman–Crippen LogP) is 4.19. The highest BCUT2D eigenvalue weighted by Gasteiger charge is 2.24. The van der Waals surface area contributed by atoms with Gasteiger partial charge in [0.25, 0.3) is 0 Å². The number of benzene rings is 1. The van der Waals surface area contributed by atoms with Crippen LogP contribution in [0.15, 0.2) is 53.1 Å². The third-order valence-corrected chi connectivity index (χ3v) is 5.82. The molecule has 1 saturated carbocycles. The number of carbonyl (C=O) groups excluding carboxylic acids is 2. The maximum atomic E-state index is 13.3. The van der Waals surface area contributed by atoms with E-state index in [9.17, 15) is 9.59 Å². The zero-order valence-corrected chi connectivity index (χ0v) is 19.0. The minimum atomic E-state index is -0.168. The lowest BCUT2D eigenvalue weighted by Gasteiger charge is -2.30. The van der Waals surface area contributed by atoms with Gasteiger partial charge in [-0.3, -0.25) is 4.79 Å². The van der Waals surface area contributed by atoms with Crippen LogP contribution in [0.3, 0.4) is 0 Å². The van der Waals surface area contributed by atoms with E-state index in [2.05, 4.69) is 5.32 Å². The van der Waals surface area contributed by atoms with Gasteiger partial charge < -0.3 is 24.3 Å². The molecule has 1 aliphatic carbocycles. The van der Waals surface area contributed by atoms with E-state index in [1.54, 1.807) is 23.2 Å². The van der Waals surface area contributed by atoms with E-state index in [4.69, 9.17) is 9.15 Å². The fourth-order valence-electron chi connectivity index (χ4n) is 4.05. The molecule has 1 aromatic carbocycles. The van der Waals surface area contributed by atoms with Crippen LogP contribution >= 0.6 is 0 Å². The maximum Gasteiger partial charge on any atom is 0.318 e. The monoisotopic (exact) mass is 441 g/mol. The predicted molar refractivity (Wildman–Crippen MR) is 123 cm³/mol. The van der Waals surface area contributed by atoms with Crippen molar-refractivity contribution in [3.05, 3.63) is 60.1 Å². The Balaban J connectivity index is 1.67. The van der Waals surface area contributed by atoms with Crippen molar-refractivity contribution in [2.45, 2.75) is 57.7 Å². The molecule has 32 heavy (non-hydrogen) atoms. The van der Waals surface area contributed by atoms with Crippen LogP contribution in [-0.2, 0) is 22.6 Å². The second-order valence-electron chi connectivity index (χ2n) is 8.37. The zero-order chi connectivity index (χ0) is 22.6. The van der Waals surface area contributed by atoms with Crippen molar-refractivity contribution < 1.29 is 18.7 Å². The van der Waals surface area contributed by atoms with Crippen LogP contribution in [0.25, 0.3) is 0 Å². The van der Waals surface area contributed by atoms with E-state index < -0.39 is 0 Å². The molecule has 0 bridgehead atoms. The van der Waals surface area contributed by atoms with Gasteiger partial charge >= 0.3 is 6.03 Å². The van der Waals surface area contributed by atoms with E-state index in [1.165, 1.54) is 6.42 Å². The Morgan fingerprint density at radius 2 is 1.81 bits per heavy atom. The van der Waals surface area contributed by atoms with Gasteiger partial charge in [-0.05, 0) is 37.0 Å². The molecule has 1 aliphatic rings. The molecular weight excluding hydrogens is 406 g/mol. The molecule has 0 spiro atoms. The summed E-state index contributed by atoms with van der Waals surface area (Å²) in [6, 6.07) is 13.6. The van der Waals surface area contributed by atoms with Gasteiger partial charge in [0.05, 0.1) is 12.8 Å². The Hall–Kier alpha value is -2.80. The highest BCUT2D eigenvalue weighted by molar-refractivity contribution is 5.84. The molecule has 0 aliphatic heterocycles. The molecular formula is C25H35N3O4. The number of furan rings is 1. The van der Waals surface area contributed by atoms with E-state index >= 15 is 0 Å². The molecule has 3 amide bonds. The maximum absolute atomic E-state index is 13.3. The number of nitrogens with zero attached hydrogens (tertiary/aromatic N) is 2. The van der Waals surface area contributed by atoms with E-state index in [0.717, 1.165) is 31.2 Å². The van der Waals surface area contributed by atoms with Crippen molar-refractivity contribution in [3.8, 4) is 0 Å². The molecule has 3 rings (SSSR count). The summed E-state index contributed by atoms with van der Waals surface area (Å²) in [6.07, 6.45) is 7.80. The standard InChI is InChI=1S/C25H35N3O4/c1-31-16-9-15-27(25(30)26-22-12-6-3-7-13-22)20-24(29)28(19-23-14-8-17-32-23)18-21-10-4-2-5-11-21/h2,4-5,8,10-11,14,17,22H,3,6-7,9,12-13,15-16,18-20H2,1H3,(H,26,30). The molecule has 1 fully saturated rings. The number of rotatable bonds is 11. The molecule has 1 aromatic heterocycles. The summed E-state index contributed by atoms with van der Waals surface area (Å²) < 4.78 is 10.6. The minimum absolute atomic E-state index is 0.0236. The van der Waals surface area contributed by atoms with Crippen LogP contribution in [-0.4, -0.2) is 54.6 Å². The van der Waals surface area contributed by atoms with Crippen molar-refractivity contribution in [3.63, 3.8) is 0 Å². The van der Waals surface area contributed by atoms with Crippen LogP contribution in [0, 0.1) is 0 Å². The van der Waals surface area contributed by atoms with E-state index in [1.807, 2.05) is 42.5 Å². The van der Waals surface area contributed by atoms with Gasteiger partial charge in [-0.15, -0.1) is 0 Å². The van der Waals surface area contributed by atoms with Gasteiger partial charge in [-0.1, -0.05) is 49.6 Å². The van der Waals surface area contributed by atoms with Crippen LogP contribution in [0.4, 0.5) is 4.79 Å². The van der Waals surface area contributed by atoms with Gasteiger partial charge in [0, 0.05) is 32.8 Å². The lowest BCUT2D eigenvalue weighted by molar-refractivity contribution is -0.133. The highest BCUT2D eigenvalue weighted by Crippen LogP contribution is 2.18. The van der Waals surface area contributed by atoms with Gasteiger partial charge in [0.2, 0.25) is 5.91 Å². The van der Waals surface area contributed by atoms with Crippen LogP contribution < -0.4 is 5.32 Å². The van der Waals surface area contributed by atoms with Crippen molar-refractivity contribution in [2.24, 2.45) is 0 Å². The summed E-state index contributed by atoms with van der Waals surface area (Å²) in [4.78, 5) is 29.7. The zero-order valence-electron chi connectivity index (χ0n) is 19.0. The molecule has 0 atom stereocenters. The Morgan fingerprint density at radius 1 is 1.03 bits per heavy atom. The SMILES string of the molecule is COCCCN(CC(=O)N(Cc1ccccc1)Cc1ccco1)C(=O)NC1CCCCC1. The number of carbonyl (C=O) groups is 2. The Kier molecular flexibility index (Phi) is 9.62. The third kappa shape index (κ3) is 7.71. The summed E-state index contributed by atoms with van der Waals surface area (Å²) in [7, 11) is 1.64. The second-order valence-corrected chi connectivity index (χ2v) is 8.37. The van der Waals surface area contributed by atoms with Crippen LogP contribution in [0.2, 0.25) is 0 Å². The van der Waals surface area contributed by atoms with Gasteiger partial charge in [-0.2, -0.15) is 0 Å². The lowest BCUT2D eigenvalue weighted by Crippen LogP contribution is -2.49. The average molecular weight is 442 g/mol. The summed E-state index contributed by atoms with van der Waals surface area (Å²) >= 11 is 0. The van der Waals surface area contributed by atoms with Crippen molar-refractivity contribution >= 4 is 11.9 Å². The van der Waals surface area contributed by atoms with Crippen LogP contribution in [0.5, 0.6) is 0 Å². The first-order valence-electron chi connectivity index (χ1n) is 11.5. The first kappa shape index (κ1) is 23.9. The number of hydrogen-bond acceptors (Lipinski definition) is 4. The molecule has 2 aromatic rings. The van der Waals surface area contributed by atoms with E-state index in [0.29, 0.717) is 38.4 Å². The molecule has 1 N–H and O–H groups in total. The lowest BCUT2D eigenvalue weighted by atomic mass is 9.96. The molecule has 1 heterocycles. The Bertz CT molecular complexity index is 804. The summed E-state index contributed by atoms with van der Waals surface area (Å²) in [5.41, 5.74) is 1.03. The van der Waals surface area contributed by atoms with Crippen LogP contribution in [0.1, 0.15) is 49.8 Å². The summed E-state index contributed by atoms with van der Waals surface area (Å²) in [5.74, 6) is 0.605. The molecule has 7 nitrogen and oxygen atoms in total. The second kappa shape index (κ2) is 12.9. The Morgan fingerprint density at radius 3 is 2.50 bits per heavy atom. The van der Waals surface area contributed by atoms with Crippen molar-refractivity contribution in [2.75, 3.05) is 26.8 Å². The molecule has 174 valence electrons. The number of nitrogens with one attached hydrogen (secondary N) is 1. The number of amides is 3. The van der Waals surface area contributed by atoms with Crippen molar-refractivity contribution in [1.82, 2.24) is 15.1 Å². The third-order valence-electron chi connectivity index (χ3n) is 5.82. The largest absolute Gasteiger partial charge is 0.467 e. The van der Waals surface area contributed by atoms with Gasteiger partial charge in [0.1, 0.15) is 12.3 Å². The van der Waals surface area contributed by atoms with Crippen molar-refractivity contribution in [1.29, 1.82) is 0 Å². The quantitative estimate of drug-likeness (QED) is 0.531. The van der Waals surface area contributed by atoms with Gasteiger partial charge in [0.15, 0.2) is 0 Å². The first-order valence-corrected chi connectivity index (χ1v) is 11.5. The summed E-state index contributed by atoms with van der Waals surface area (Å²) in [5, 5.41) is 3.14. The highest BCUT2D eigenvalue weighted by atomic mass is 16.5.